The fraction of sp³-hybridized carbons (Fsp3) is 0.333. The van der Waals surface area contributed by atoms with E-state index in [0.29, 0.717) is 5.56 Å². The topological polar surface area (TPSA) is 77.8 Å². The molecule has 0 aliphatic carbocycles. The number of carbonyl (C=O) groups excluding carboxylic acids is 1. The van der Waals surface area contributed by atoms with Crippen molar-refractivity contribution >= 4 is 11.9 Å². The van der Waals surface area contributed by atoms with Crippen LogP contribution in [-0.4, -0.2) is 39.1 Å². The Morgan fingerprint density at radius 2 is 2.06 bits per heavy atom. The smallest absolute Gasteiger partial charge is 0.329 e. The number of aliphatic carboxylic acids is 1. The molecule has 5 heteroatoms. The van der Waals surface area contributed by atoms with Gasteiger partial charge < -0.3 is 15.1 Å². The Hall–Kier alpha value is -1.88. The summed E-state index contributed by atoms with van der Waals surface area (Å²) in [5.41, 5.74) is 1.31. The van der Waals surface area contributed by atoms with Gasteiger partial charge in [-0.05, 0) is 18.6 Å². The molecule has 2 atom stereocenters. The Bertz CT molecular complexity index is 469. The van der Waals surface area contributed by atoms with Gasteiger partial charge in [0.25, 0.3) is 5.91 Å². The van der Waals surface area contributed by atoms with Crippen LogP contribution < -0.4 is 0 Å². The van der Waals surface area contributed by atoms with Gasteiger partial charge in [-0.2, -0.15) is 0 Å². The van der Waals surface area contributed by atoms with Gasteiger partial charge in [-0.15, -0.1) is 0 Å². The van der Waals surface area contributed by atoms with Gasteiger partial charge in [-0.25, -0.2) is 4.79 Å². The van der Waals surface area contributed by atoms with Crippen LogP contribution >= 0.6 is 0 Å². The molecule has 0 bridgehead atoms. The predicted octanol–water partition coefficient (Wildman–Crippen LogP) is 0.476. The van der Waals surface area contributed by atoms with Crippen LogP contribution in [0.1, 0.15) is 22.8 Å². The number of hydrogen-bond acceptors (Lipinski definition) is 3. The van der Waals surface area contributed by atoms with Crippen LogP contribution in [0.2, 0.25) is 0 Å². The second kappa shape index (κ2) is 4.18. The summed E-state index contributed by atoms with van der Waals surface area (Å²) in [4.78, 5) is 24.3. The summed E-state index contributed by atoms with van der Waals surface area (Å²) >= 11 is 0. The maximum absolute atomic E-state index is 12.0. The molecule has 1 amide bonds. The van der Waals surface area contributed by atoms with Gasteiger partial charge in [0.2, 0.25) is 0 Å². The lowest BCUT2D eigenvalue weighted by atomic mass is 10.1. The number of rotatable bonds is 3. The average Bonchev–Trinajstić information content (AvgIpc) is 2.56. The van der Waals surface area contributed by atoms with Crippen molar-refractivity contribution in [2.45, 2.75) is 25.6 Å². The number of aliphatic hydroxyl groups is 1. The van der Waals surface area contributed by atoms with E-state index in [2.05, 4.69) is 0 Å². The van der Waals surface area contributed by atoms with Gasteiger partial charge in [-0.3, -0.25) is 4.79 Å². The van der Waals surface area contributed by atoms with Crippen molar-refractivity contribution < 1.29 is 19.8 Å². The highest BCUT2D eigenvalue weighted by Gasteiger charge is 2.38. The number of carboxylic acid groups (broad SMARTS) is 1. The summed E-state index contributed by atoms with van der Waals surface area (Å²) in [7, 11) is 0. The molecule has 0 saturated carbocycles. The fourth-order valence-electron chi connectivity index (χ4n) is 2.10. The normalized spacial score (nSPS) is 17.8. The lowest BCUT2D eigenvalue weighted by Crippen LogP contribution is -2.48. The summed E-state index contributed by atoms with van der Waals surface area (Å²) in [5, 5.41) is 18.5. The third kappa shape index (κ3) is 1.89. The number of hydrogen-bond donors (Lipinski definition) is 2. The first kappa shape index (κ1) is 11.6. The van der Waals surface area contributed by atoms with Crippen LogP contribution in [0.4, 0.5) is 0 Å². The Labute approximate surface area is 98.3 Å². The first-order valence-corrected chi connectivity index (χ1v) is 5.32. The summed E-state index contributed by atoms with van der Waals surface area (Å²) in [6.45, 7) is 1.60. The molecule has 2 rings (SSSR count). The summed E-state index contributed by atoms with van der Waals surface area (Å²) in [6, 6.07) is 5.79. The monoisotopic (exact) mass is 235 g/mol. The van der Waals surface area contributed by atoms with Crippen LogP contribution in [0, 0.1) is 0 Å². The second-order valence-corrected chi connectivity index (χ2v) is 4.11. The Morgan fingerprint density at radius 1 is 1.41 bits per heavy atom. The molecule has 1 heterocycles. The number of amides is 1. The molecule has 5 nitrogen and oxygen atoms in total. The molecule has 0 saturated heterocycles. The first-order chi connectivity index (χ1) is 8.02. The molecular weight excluding hydrogens is 222 g/mol. The van der Waals surface area contributed by atoms with Crippen LogP contribution in [-0.2, 0) is 11.3 Å². The van der Waals surface area contributed by atoms with E-state index in [1.807, 2.05) is 0 Å². The number of carboxylic acids is 1. The molecule has 0 fully saturated rings. The lowest BCUT2D eigenvalue weighted by Gasteiger charge is -2.26. The van der Waals surface area contributed by atoms with Crippen molar-refractivity contribution in [2.75, 3.05) is 0 Å². The highest BCUT2D eigenvalue weighted by atomic mass is 16.4. The van der Waals surface area contributed by atoms with Crippen molar-refractivity contribution in [1.82, 2.24) is 4.90 Å². The summed E-state index contributed by atoms with van der Waals surface area (Å²) in [5.74, 6) is -1.53. The lowest BCUT2D eigenvalue weighted by molar-refractivity contribution is -0.146. The van der Waals surface area contributed by atoms with Gasteiger partial charge in [0, 0.05) is 12.1 Å². The van der Waals surface area contributed by atoms with Crippen molar-refractivity contribution in [3.05, 3.63) is 35.4 Å². The number of aliphatic hydroxyl groups excluding tert-OH is 1. The highest BCUT2D eigenvalue weighted by Crippen LogP contribution is 2.25. The minimum atomic E-state index is -1.20. The van der Waals surface area contributed by atoms with Crippen LogP contribution in [0.5, 0.6) is 0 Å². The zero-order valence-corrected chi connectivity index (χ0v) is 9.33. The molecule has 2 N–H and O–H groups in total. The van der Waals surface area contributed by atoms with E-state index in [1.165, 1.54) is 11.8 Å². The standard InChI is InChI=1S/C12H13NO4/c1-7(14)10(12(16)17)13-6-8-4-2-3-5-9(8)11(13)15/h2-5,7,10,14H,6H2,1H3,(H,16,17)/t7-,10?/m0/s1. The Balaban J connectivity index is 2.33. The largest absolute Gasteiger partial charge is 0.480 e. The van der Waals surface area contributed by atoms with Crippen LogP contribution in [0.15, 0.2) is 24.3 Å². The quantitative estimate of drug-likeness (QED) is 0.798. The highest BCUT2D eigenvalue weighted by molar-refractivity contribution is 6.00. The third-order valence-corrected chi connectivity index (χ3v) is 2.90. The number of carbonyl (C=O) groups is 2. The zero-order chi connectivity index (χ0) is 12.6. The van der Waals surface area contributed by atoms with E-state index in [1.54, 1.807) is 24.3 Å². The SMILES string of the molecule is C[C@H](O)C(C(=O)O)N1Cc2ccccc2C1=O. The first-order valence-electron chi connectivity index (χ1n) is 5.32. The fourth-order valence-corrected chi connectivity index (χ4v) is 2.10. The minimum Gasteiger partial charge on any atom is -0.480 e. The van der Waals surface area contributed by atoms with Crippen molar-refractivity contribution in [2.24, 2.45) is 0 Å². The van der Waals surface area contributed by atoms with Crippen molar-refractivity contribution in [1.29, 1.82) is 0 Å². The zero-order valence-electron chi connectivity index (χ0n) is 9.33. The Kier molecular flexibility index (Phi) is 2.85. The van der Waals surface area contributed by atoms with Crippen molar-refractivity contribution in [3.8, 4) is 0 Å². The molecule has 1 aromatic rings. The Morgan fingerprint density at radius 3 is 2.59 bits per heavy atom. The van der Waals surface area contributed by atoms with E-state index in [9.17, 15) is 14.7 Å². The van der Waals surface area contributed by atoms with E-state index >= 15 is 0 Å². The molecule has 1 unspecified atom stereocenters. The van der Waals surface area contributed by atoms with Gasteiger partial charge >= 0.3 is 5.97 Å². The third-order valence-electron chi connectivity index (χ3n) is 2.90. The summed E-state index contributed by atoms with van der Waals surface area (Å²) in [6.07, 6.45) is -1.11. The molecule has 0 spiro atoms. The molecule has 0 radical (unpaired) electrons. The molecule has 1 aliphatic heterocycles. The second-order valence-electron chi connectivity index (χ2n) is 4.11. The summed E-state index contributed by atoms with van der Waals surface area (Å²) < 4.78 is 0. The molecule has 1 aliphatic rings. The predicted molar refractivity (Wildman–Crippen MR) is 59.4 cm³/mol. The van der Waals surface area contributed by atoms with Crippen LogP contribution in [0.25, 0.3) is 0 Å². The number of benzene rings is 1. The van der Waals surface area contributed by atoms with E-state index < -0.39 is 18.1 Å². The molecule has 0 aromatic heterocycles. The van der Waals surface area contributed by atoms with Gasteiger partial charge in [0.1, 0.15) is 0 Å². The molecule has 1 aromatic carbocycles. The molecule has 17 heavy (non-hydrogen) atoms. The number of fused-ring (bicyclic) bond motifs is 1. The van der Waals surface area contributed by atoms with Gasteiger partial charge in [0.15, 0.2) is 6.04 Å². The van der Waals surface area contributed by atoms with E-state index in [4.69, 9.17) is 5.11 Å². The van der Waals surface area contributed by atoms with E-state index in [-0.39, 0.29) is 12.5 Å². The van der Waals surface area contributed by atoms with Crippen molar-refractivity contribution in [3.63, 3.8) is 0 Å². The molecular formula is C12H13NO4. The molecule has 90 valence electrons. The van der Waals surface area contributed by atoms with Gasteiger partial charge in [0.05, 0.1) is 6.10 Å². The van der Waals surface area contributed by atoms with Crippen LogP contribution in [0.3, 0.4) is 0 Å². The minimum absolute atomic E-state index is 0.233. The average molecular weight is 235 g/mol. The number of nitrogens with zero attached hydrogens (tertiary/aromatic N) is 1. The van der Waals surface area contributed by atoms with Gasteiger partial charge in [-0.1, -0.05) is 18.2 Å². The maximum Gasteiger partial charge on any atom is 0.329 e. The maximum atomic E-state index is 12.0. The van der Waals surface area contributed by atoms with E-state index in [0.717, 1.165) is 5.56 Å².